The number of hydrogen-bond donors (Lipinski definition) is 1. The van der Waals surface area contributed by atoms with Crippen LogP contribution in [0.2, 0.25) is 0 Å². The Morgan fingerprint density at radius 1 is 1.26 bits per heavy atom. The Hall–Kier alpha value is -2.16. The van der Waals surface area contributed by atoms with Gasteiger partial charge in [0.05, 0.1) is 11.3 Å². The zero-order valence-electron chi connectivity index (χ0n) is 11.8. The Morgan fingerprint density at radius 3 is 2.65 bits per heavy atom. The molecule has 0 saturated heterocycles. The molecule has 2 aromatic heterocycles. The molecule has 0 saturated carbocycles. The number of alkyl halides is 3. The summed E-state index contributed by atoms with van der Waals surface area (Å²) in [6.45, 7) is 1.75. The van der Waals surface area contributed by atoms with E-state index in [0.29, 0.717) is 40.1 Å². The summed E-state index contributed by atoms with van der Waals surface area (Å²) in [6, 6.07) is 3.87. The van der Waals surface area contributed by atoms with E-state index in [4.69, 9.17) is 5.73 Å². The van der Waals surface area contributed by atoms with Crippen molar-refractivity contribution in [3.8, 4) is 0 Å². The fourth-order valence-electron chi connectivity index (χ4n) is 2.32. The van der Waals surface area contributed by atoms with Gasteiger partial charge in [0.15, 0.2) is 5.52 Å². The zero-order valence-corrected chi connectivity index (χ0v) is 13.4. The maximum Gasteiger partial charge on any atom is 0.417 e. The predicted molar refractivity (Wildman–Crippen MR) is 80.7 cm³/mol. The predicted octanol–water partition coefficient (Wildman–Crippen LogP) is 3.88. The van der Waals surface area contributed by atoms with Crippen LogP contribution >= 0.6 is 15.9 Å². The van der Waals surface area contributed by atoms with E-state index in [9.17, 15) is 13.2 Å². The number of nitrogens with two attached hydrogens (primary N) is 1. The molecule has 9 heteroatoms. The van der Waals surface area contributed by atoms with E-state index in [1.165, 1.54) is 12.1 Å². The number of fused-ring (bicyclic) bond motifs is 1. The summed E-state index contributed by atoms with van der Waals surface area (Å²) in [4.78, 5) is 4.23. The van der Waals surface area contributed by atoms with Crippen LogP contribution in [0.25, 0.3) is 11.2 Å². The molecule has 0 amide bonds. The largest absolute Gasteiger partial charge is 0.417 e. The van der Waals surface area contributed by atoms with E-state index in [0.717, 1.165) is 6.07 Å². The molecular formula is C14H10BrF3N4O. The van der Waals surface area contributed by atoms with E-state index in [-0.39, 0.29) is 4.47 Å². The molecule has 0 atom stereocenters. The highest BCUT2D eigenvalue weighted by Gasteiger charge is 2.32. The average Bonchev–Trinajstić information content (AvgIpc) is 2.90. The average molecular weight is 387 g/mol. The summed E-state index contributed by atoms with van der Waals surface area (Å²) in [7, 11) is 0. The van der Waals surface area contributed by atoms with Crippen molar-refractivity contribution in [1.82, 2.24) is 15.3 Å². The first-order valence-electron chi connectivity index (χ1n) is 6.50. The van der Waals surface area contributed by atoms with E-state index in [1.54, 1.807) is 6.92 Å². The first-order chi connectivity index (χ1) is 10.8. The van der Waals surface area contributed by atoms with Crippen molar-refractivity contribution in [2.24, 2.45) is 0 Å². The van der Waals surface area contributed by atoms with Crippen molar-refractivity contribution in [3.05, 3.63) is 45.1 Å². The molecule has 0 fully saturated rings. The summed E-state index contributed by atoms with van der Waals surface area (Å²) < 4.78 is 43.0. The maximum atomic E-state index is 12.8. The van der Waals surface area contributed by atoms with E-state index in [1.807, 2.05) is 0 Å². The van der Waals surface area contributed by atoms with Crippen molar-refractivity contribution in [3.63, 3.8) is 0 Å². The normalized spacial score (nSPS) is 12.0. The zero-order chi connectivity index (χ0) is 16.8. The van der Waals surface area contributed by atoms with Crippen molar-refractivity contribution >= 4 is 32.8 Å². The van der Waals surface area contributed by atoms with Gasteiger partial charge in [-0.15, -0.1) is 0 Å². The van der Waals surface area contributed by atoms with E-state index >= 15 is 0 Å². The van der Waals surface area contributed by atoms with Crippen molar-refractivity contribution in [1.29, 1.82) is 0 Å². The van der Waals surface area contributed by atoms with Gasteiger partial charge in [-0.25, -0.2) is 9.61 Å². The van der Waals surface area contributed by atoms with Crippen LogP contribution in [0, 0.1) is 6.92 Å². The van der Waals surface area contributed by atoms with E-state index < -0.39 is 11.7 Å². The van der Waals surface area contributed by atoms with Gasteiger partial charge in [-0.2, -0.15) is 13.2 Å². The molecule has 23 heavy (non-hydrogen) atoms. The molecule has 2 heterocycles. The van der Waals surface area contributed by atoms with Crippen LogP contribution in [0.1, 0.15) is 22.4 Å². The van der Waals surface area contributed by atoms with Crippen LogP contribution in [0.4, 0.5) is 18.9 Å². The number of nitrogen functional groups attached to an aromatic ring is 1. The first kappa shape index (κ1) is 15.7. The molecule has 120 valence electrons. The summed E-state index contributed by atoms with van der Waals surface area (Å²) in [6.07, 6.45) is -4.08. The lowest BCUT2D eigenvalue weighted by molar-refractivity contribution is -0.138. The highest BCUT2D eigenvalue weighted by molar-refractivity contribution is 9.10. The SMILES string of the molecule is Cc1nc2nonc2c(N)c1Cc1ccc(C(F)(F)F)c(Br)c1. The lowest BCUT2D eigenvalue weighted by Gasteiger charge is -2.12. The van der Waals surface area contributed by atoms with Gasteiger partial charge in [0, 0.05) is 22.2 Å². The second kappa shape index (κ2) is 5.48. The molecule has 0 aliphatic rings. The minimum atomic E-state index is -4.40. The van der Waals surface area contributed by atoms with Crippen LogP contribution in [-0.4, -0.2) is 15.3 Å². The lowest BCUT2D eigenvalue weighted by atomic mass is 10.0. The number of anilines is 1. The molecule has 0 bridgehead atoms. The van der Waals surface area contributed by atoms with Gasteiger partial charge >= 0.3 is 6.18 Å². The van der Waals surface area contributed by atoms with Crippen molar-refractivity contribution in [2.45, 2.75) is 19.5 Å². The van der Waals surface area contributed by atoms with Crippen molar-refractivity contribution < 1.29 is 17.8 Å². The van der Waals surface area contributed by atoms with Gasteiger partial charge in [0.25, 0.3) is 0 Å². The Morgan fingerprint density at radius 2 is 2.00 bits per heavy atom. The van der Waals surface area contributed by atoms with Gasteiger partial charge in [-0.3, -0.25) is 0 Å². The van der Waals surface area contributed by atoms with Crippen LogP contribution in [0.3, 0.4) is 0 Å². The first-order valence-corrected chi connectivity index (χ1v) is 7.29. The van der Waals surface area contributed by atoms with Crippen molar-refractivity contribution in [2.75, 3.05) is 5.73 Å². The third-order valence-corrected chi connectivity index (χ3v) is 4.14. The molecule has 0 unspecified atom stereocenters. The Balaban J connectivity index is 2.01. The van der Waals surface area contributed by atoms with E-state index in [2.05, 4.69) is 35.9 Å². The Kier molecular flexibility index (Phi) is 3.75. The van der Waals surface area contributed by atoms with Crippen LogP contribution in [0.15, 0.2) is 27.3 Å². The minimum Gasteiger partial charge on any atom is -0.396 e. The second-order valence-electron chi connectivity index (χ2n) is 5.01. The van der Waals surface area contributed by atoms with Gasteiger partial charge in [-0.1, -0.05) is 22.0 Å². The third kappa shape index (κ3) is 2.88. The van der Waals surface area contributed by atoms with Crippen LogP contribution in [0.5, 0.6) is 0 Å². The fraction of sp³-hybridized carbons (Fsp3) is 0.214. The van der Waals surface area contributed by atoms with Crippen LogP contribution in [-0.2, 0) is 12.6 Å². The number of halogens is 4. The monoisotopic (exact) mass is 386 g/mol. The molecule has 5 nitrogen and oxygen atoms in total. The van der Waals surface area contributed by atoms with Gasteiger partial charge in [0.1, 0.15) is 0 Å². The number of aryl methyl sites for hydroxylation is 1. The van der Waals surface area contributed by atoms with Gasteiger partial charge in [-0.05, 0) is 34.9 Å². The molecule has 3 aromatic rings. The minimum absolute atomic E-state index is 0.0177. The molecule has 0 spiro atoms. The quantitative estimate of drug-likeness (QED) is 0.722. The fourth-order valence-corrected chi connectivity index (χ4v) is 2.97. The maximum absolute atomic E-state index is 12.8. The number of benzene rings is 1. The second-order valence-corrected chi connectivity index (χ2v) is 5.87. The summed E-state index contributed by atoms with van der Waals surface area (Å²) >= 11 is 2.96. The third-order valence-electron chi connectivity index (χ3n) is 3.48. The standard InChI is InChI=1S/C14H10BrF3N4O/c1-6-8(11(19)12-13(20-6)22-23-21-12)4-7-2-3-9(10(15)5-7)14(16,17)18/h2-3,5H,4,19H2,1H3. The smallest absolute Gasteiger partial charge is 0.396 e. The number of pyridine rings is 1. The Bertz CT molecular complexity index is 892. The number of aromatic nitrogens is 3. The summed E-state index contributed by atoms with van der Waals surface area (Å²) in [5.74, 6) is 0. The highest BCUT2D eigenvalue weighted by atomic mass is 79.9. The molecule has 2 N–H and O–H groups in total. The topological polar surface area (TPSA) is 77.8 Å². The lowest BCUT2D eigenvalue weighted by Crippen LogP contribution is -2.07. The molecule has 0 aliphatic carbocycles. The number of rotatable bonds is 2. The molecule has 0 radical (unpaired) electrons. The van der Waals surface area contributed by atoms with Gasteiger partial charge in [0.2, 0.25) is 5.65 Å². The molecule has 1 aromatic carbocycles. The molecule has 0 aliphatic heterocycles. The summed E-state index contributed by atoms with van der Waals surface area (Å²) in [5, 5.41) is 7.33. The molecule has 3 rings (SSSR count). The van der Waals surface area contributed by atoms with Crippen LogP contribution < -0.4 is 5.73 Å². The summed E-state index contributed by atoms with van der Waals surface area (Å²) in [5.41, 5.74) is 8.32. The number of hydrogen-bond acceptors (Lipinski definition) is 5. The van der Waals surface area contributed by atoms with Gasteiger partial charge < -0.3 is 5.73 Å². The molecular weight excluding hydrogens is 377 g/mol. The highest BCUT2D eigenvalue weighted by Crippen LogP contribution is 2.36. The Labute approximate surface area is 136 Å². The number of nitrogens with zero attached hydrogens (tertiary/aromatic N) is 3.